The van der Waals surface area contributed by atoms with Gasteiger partial charge in [0, 0.05) is 23.6 Å². The quantitative estimate of drug-likeness (QED) is 0.559. The number of hydrogen-bond acceptors (Lipinski definition) is 4. The molecular weight excluding hydrogens is 320 g/mol. The van der Waals surface area contributed by atoms with Gasteiger partial charge in [0.1, 0.15) is 0 Å². The van der Waals surface area contributed by atoms with Crippen LogP contribution in [0.5, 0.6) is 0 Å². The van der Waals surface area contributed by atoms with E-state index in [1.807, 2.05) is 23.6 Å². The molecule has 0 aliphatic rings. The summed E-state index contributed by atoms with van der Waals surface area (Å²) in [5.74, 6) is -0.254. The van der Waals surface area contributed by atoms with Crippen LogP contribution >= 0.6 is 11.3 Å². The van der Waals surface area contributed by atoms with Crippen molar-refractivity contribution in [2.24, 2.45) is 0 Å². The summed E-state index contributed by atoms with van der Waals surface area (Å²) in [6.45, 7) is 0. The minimum Gasteiger partial charge on any atom is -0.321 e. The van der Waals surface area contributed by atoms with E-state index in [0.717, 1.165) is 5.56 Å². The lowest BCUT2D eigenvalue weighted by Crippen LogP contribution is -2.10. The summed E-state index contributed by atoms with van der Waals surface area (Å²) in [5, 5.41) is 4.65. The zero-order chi connectivity index (χ0) is 16.8. The molecule has 24 heavy (non-hydrogen) atoms. The molecule has 0 saturated carbocycles. The van der Waals surface area contributed by atoms with E-state index in [-0.39, 0.29) is 11.7 Å². The molecule has 4 nitrogen and oxygen atoms in total. The second-order valence-corrected chi connectivity index (χ2v) is 5.94. The van der Waals surface area contributed by atoms with Crippen LogP contribution in [0.25, 0.3) is 6.08 Å². The smallest absolute Gasteiger partial charge is 0.265 e. The van der Waals surface area contributed by atoms with Crippen LogP contribution in [-0.4, -0.2) is 16.7 Å². The minimum atomic E-state index is -0.152. The second-order valence-electron chi connectivity index (χ2n) is 4.99. The molecule has 0 saturated heterocycles. The maximum atomic E-state index is 12.1. The van der Waals surface area contributed by atoms with Crippen molar-refractivity contribution in [2.75, 3.05) is 5.32 Å². The molecule has 0 aliphatic carbocycles. The van der Waals surface area contributed by atoms with Crippen LogP contribution in [0.3, 0.4) is 0 Å². The summed E-state index contributed by atoms with van der Waals surface area (Å²) in [5.41, 5.74) is 2.08. The van der Waals surface area contributed by atoms with Crippen molar-refractivity contribution in [3.63, 3.8) is 0 Å². The van der Waals surface area contributed by atoms with Crippen molar-refractivity contribution in [1.29, 1.82) is 0 Å². The summed E-state index contributed by atoms with van der Waals surface area (Å²) in [7, 11) is 0. The van der Waals surface area contributed by atoms with Gasteiger partial charge in [-0.2, -0.15) is 0 Å². The van der Waals surface area contributed by atoms with Crippen molar-refractivity contribution >= 4 is 34.8 Å². The average molecular weight is 334 g/mol. The Kier molecular flexibility index (Phi) is 4.93. The number of rotatable bonds is 5. The van der Waals surface area contributed by atoms with Gasteiger partial charge in [0.05, 0.1) is 4.88 Å². The zero-order valence-electron chi connectivity index (χ0n) is 12.7. The molecule has 2 aromatic heterocycles. The van der Waals surface area contributed by atoms with E-state index in [1.54, 1.807) is 48.8 Å². The SMILES string of the molecule is O=C(/C=C/c1cccnc1)c1ccc(NC(=O)c2cccs2)cc1. The van der Waals surface area contributed by atoms with E-state index < -0.39 is 0 Å². The first-order valence-electron chi connectivity index (χ1n) is 7.30. The fourth-order valence-electron chi connectivity index (χ4n) is 2.06. The predicted octanol–water partition coefficient (Wildman–Crippen LogP) is 4.29. The fraction of sp³-hybridized carbons (Fsp3) is 0. The van der Waals surface area contributed by atoms with Gasteiger partial charge in [-0.3, -0.25) is 14.6 Å². The number of thiophene rings is 1. The molecule has 5 heteroatoms. The number of pyridine rings is 1. The van der Waals surface area contributed by atoms with Gasteiger partial charge in [0.25, 0.3) is 5.91 Å². The highest BCUT2D eigenvalue weighted by atomic mass is 32.1. The molecule has 1 amide bonds. The highest BCUT2D eigenvalue weighted by molar-refractivity contribution is 7.12. The summed E-state index contributed by atoms with van der Waals surface area (Å²) >= 11 is 1.38. The van der Waals surface area contributed by atoms with Crippen molar-refractivity contribution in [3.05, 3.63) is 88.4 Å². The molecule has 3 aromatic rings. The monoisotopic (exact) mass is 334 g/mol. The molecule has 0 radical (unpaired) electrons. The van der Waals surface area contributed by atoms with E-state index in [2.05, 4.69) is 10.3 Å². The van der Waals surface area contributed by atoms with Crippen molar-refractivity contribution < 1.29 is 9.59 Å². The van der Waals surface area contributed by atoms with Gasteiger partial charge < -0.3 is 5.32 Å². The standard InChI is InChI=1S/C19H14N2O2S/c22-17(10-5-14-3-1-11-20-13-14)15-6-8-16(9-7-15)21-19(23)18-4-2-12-24-18/h1-13H,(H,21,23)/b10-5+. The Morgan fingerprint density at radius 1 is 1.04 bits per heavy atom. The molecule has 0 atom stereocenters. The maximum absolute atomic E-state index is 12.1. The van der Waals surface area contributed by atoms with Crippen molar-refractivity contribution in [1.82, 2.24) is 4.98 Å². The molecule has 0 unspecified atom stereocenters. The van der Waals surface area contributed by atoms with Gasteiger partial charge in [-0.25, -0.2) is 0 Å². The van der Waals surface area contributed by atoms with Crippen molar-refractivity contribution in [3.8, 4) is 0 Å². The number of aromatic nitrogens is 1. The Bertz CT molecular complexity index is 854. The van der Waals surface area contributed by atoms with Gasteiger partial charge in [0.2, 0.25) is 0 Å². The van der Waals surface area contributed by atoms with E-state index in [1.165, 1.54) is 17.4 Å². The lowest BCUT2D eigenvalue weighted by atomic mass is 10.1. The molecular formula is C19H14N2O2S. The number of nitrogens with zero attached hydrogens (tertiary/aromatic N) is 1. The van der Waals surface area contributed by atoms with Crippen molar-refractivity contribution in [2.45, 2.75) is 0 Å². The predicted molar refractivity (Wildman–Crippen MR) is 96.3 cm³/mol. The van der Waals surface area contributed by atoms with Gasteiger partial charge in [-0.05, 0) is 59.5 Å². The van der Waals surface area contributed by atoms with Crippen LogP contribution in [0, 0.1) is 0 Å². The van der Waals surface area contributed by atoms with E-state index in [9.17, 15) is 9.59 Å². The summed E-state index contributed by atoms with van der Waals surface area (Å²) < 4.78 is 0. The Morgan fingerprint density at radius 2 is 1.88 bits per heavy atom. The third-order valence-corrected chi connectivity index (χ3v) is 4.15. The Balaban J connectivity index is 1.64. The van der Waals surface area contributed by atoms with E-state index in [4.69, 9.17) is 0 Å². The maximum Gasteiger partial charge on any atom is 0.265 e. The van der Waals surface area contributed by atoms with Gasteiger partial charge in [-0.1, -0.05) is 12.1 Å². The normalized spacial score (nSPS) is 10.7. The third-order valence-electron chi connectivity index (χ3n) is 3.28. The number of carbonyl (C=O) groups is 2. The first kappa shape index (κ1) is 15.8. The summed E-state index contributed by atoms with van der Waals surface area (Å²) in [6, 6.07) is 14.1. The van der Waals surface area contributed by atoms with Gasteiger partial charge in [0.15, 0.2) is 5.78 Å². The lowest BCUT2D eigenvalue weighted by molar-refractivity contribution is 0.102. The van der Waals surface area contributed by atoms with Gasteiger partial charge >= 0.3 is 0 Å². The molecule has 2 heterocycles. The fourth-order valence-corrected chi connectivity index (χ4v) is 2.68. The van der Waals surface area contributed by atoms with E-state index in [0.29, 0.717) is 16.1 Å². The molecule has 1 aromatic carbocycles. The molecule has 3 rings (SSSR count). The van der Waals surface area contributed by atoms with Crippen LogP contribution in [0.1, 0.15) is 25.6 Å². The highest BCUT2D eigenvalue weighted by Crippen LogP contribution is 2.15. The summed E-state index contributed by atoms with van der Waals surface area (Å²) in [4.78, 5) is 28.8. The third kappa shape index (κ3) is 4.02. The number of anilines is 1. The second kappa shape index (κ2) is 7.48. The topological polar surface area (TPSA) is 59.1 Å². The zero-order valence-corrected chi connectivity index (χ0v) is 13.5. The van der Waals surface area contributed by atoms with Crippen LogP contribution < -0.4 is 5.32 Å². The number of benzene rings is 1. The Hall–Kier alpha value is -3.05. The number of allylic oxidation sites excluding steroid dienone is 1. The molecule has 118 valence electrons. The first-order valence-corrected chi connectivity index (χ1v) is 8.18. The highest BCUT2D eigenvalue weighted by Gasteiger charge is 2.07. The average Bonchev–Trinajstić information content (AvgIpc) is 3.16. The van der Waals surface area contributed by atoms with Crippen LogP contribution in [0.15, 0.2) is 72.4 Å². The van der Waals surface area contributed by atoms with Crippen LogP contribution in [0.2, 0.25) is 0 Å². The number of hydrogen-bond donors (Lipinski definition) is 1. The number of carbonyl (C=O) groups excluding carboxylic acids is 2. The van der Waals surface area contributed by atoms with Crippen LogP contribution in [-0.2, 0) is 0 Å². The Morgan fingerprint density at radius 3 is 2.54 bits per heavy atom. The molecule has 0 fully saturated rings. The largest absolute Gasteiger partial charge is 0.321 e. The molecule has 0 aliphatic heterocycles. The Labute approximate surface area is 143 Å². The lowest BCUT2D eigenvalue weighted by Gasteiger charge is -2.04. The minimum absolute atomic E-state index is 0.102. The number of amides is 1. The van der Waals surface area contributed by atoms with Crippen LogP contribution in [0.4, 0.5) is 5.69 Å². The van der Waals surface area contributed by atoms with E-state index >= 15 is 0 Å². The number of ketones is 1. The number of nitrogens with one attached hydrogen (secondary N) is 1. The summed E-state index contributed by atoms with van der Waals surface area (Å²) in [6.07, 6.45) is 6.60. The molecule has 0 spiro atoms. The van der Waals surface area contributed by atoms with Gasteiger partial charge in [-0.15, -0.1) is 11.3 Å². The molecule has 1 N–H and O–H groups in total. The molecule has 0 bridgehead atoms. The first-order chi connectivity index (χ1) is 11.7.